The number of hydrogen-bond donors (Lipinski definition) is 3. The highest BCUT2D eigenvalue weighted by Gasteiger charge is 2.18. The van der Waals surface area contributed by atoms with Gasteiger partial charge in [-0.25, -0.2) is 4.68 Å². The first-order valence-electron chi connectivity index (χ1n) is 10.7. The van der Waals surface area contributed by atoms with Crippen LogP contribution in [0.25, 0.3) is 10.8 Å². The molecule has 0 aliphatic carbocycles. The number of carbonyl (C=O) groups is 2. The summed E-state index contributed by atoms with van der Waals surface area (Å²) in [5, 5.41) is 11.9. The number of rotatable bonds is 9. The van der Waals surface area contributed by atoms with Gasteiger partial charge < -0.3 is 0 Å². The minimum absolute atomic E-state index is 0.0728. The Morgan fingerprint density at radius 2 is 1.84 bits per heavy atom. The number of nitrogens with zero attached hydrogens (tertiary/aromatic N) is 4. The van der Waals surface area contributed by atoms with E-state index in [-0.39, 0.29) is 17.8 Å². The number of hydrogen-bond acceptors (Lipinski definition) is 6. The number of hydrazine groups is 1. The number of unbranched alkanes of at least 4 members (excludes halogenated alkanes) is 2. The molecule has 0 saturated heterocycles. The fourth-order valence-electron chi connectivity index (χ4n) is 3.36. The summed E-state index contributed by atoms with van der Waals surface area (Å²) in [4.78, 5) is 38.0. The summed E-state index contributed by atoms with van der Waals surface area (Å²) >= 11 is 5.18. The quantitative estimate of drug-likeness (QED) is 0.257. The van der Waals surface area contributed by atoms with Gasteiger partial charge in [0.15, 0.2) is 10.5 Å². The van der Waals surface area contributed by atoms with Crippen molar-refractivity contribution in [1.29, 1.82) is 0 Å². The lowest BCUT2D eigenvalue weighted by Crippen LogP contribution is -2.44. The van der Waals surface area contributed by atoms with E-state index in [4.69, 9.17) is 12.2 Å². The molecule has 11 heteroatoms. The highest BCUT2D eigenvalue weighted by atomic mass is 32.1. The maximum atomic E-state index is 12.8. The van der Waals surface area contributed by atoms with E-state index in [1.165, 1.54) is 4.68 Å². The molecule has 1 aromatic carbocycles. The summed E-state index contributed by atoms with van der Waals surface area (Å²) in [6.07, 6.45) is 4.26. The Morgan fingerprint density at radius 3 is 2.56 bits per heavy atom. The van der Waals surface area contributed by atoms with E-state index in [0.717, 1.165) is 25.7 Å². The van der Waals surface area contributed by atoms with Gasteiger partial charge in [0.25, 0.3) is 17.4 Å². The van der Waals surface area contributed by atoms with Crippen molar-refractivity contribution in [3.05, 3.63) is 50.9 Å². The number of carbonyl (C=O) groups excluding carboxylic acids is 2. The van der Waals surface area contributed by atoms with Gasteiger partial charge in [0.1, 0.15) is 12.4 Å². The van der Waals surface area contributed by atoms with Gasteiger partial charge in [-0.15, -0.1) is 0 Å². The first-order valence-corrected chi connectivity index (χ1v) is 11.1. The van der Waals surface area contributed by atoms with Crippen LogP contribution in [0.3, 0.4) is 0 Å². The molecule has 32 heavy (non-hydrogen) atoms. The van der Waals surface area contributed by atoms with Crippen molar-refractivity contribution in [3.63, 3.8) is 0 Å². The van der Waals surface area contributed by atoms with Gasteiger partial charge in [0.05, 0.1) is 5.39 Å². The topological polar surface area (TPSA) is 127 Å². The van der Waals surface area contributed by atoms with E-state index in [2.05, 4.69) is 33.1 Å². The van der Waals surface area contributed by atoms with E-state index >= 15 is 0 Å². The Bertz CT molecular complexity index is 1230. The molecule has 0 bridgehead atoms. The largest absolute Gasteiger partial charge is 0.295 e. The number of H-pyrrole nitrogens is 1. The first kappa shape index (κ1) is 23.3. The molecule has 2 amide bonds. The van der Waals surface area contributed by atoms with Crippen molar-refractivity contribution in [2.45, 2.75) is 59.0 Å². The monoisotopic (exact) mass is 457 g/mol. The highest BCUT2D eigenvalue weighted by Crippen LogP contribution is 2.13. The zero-order valence-corrected chi connectivity index (χ0v) is 19.0. The van der Waals surface area contributed by atoms with Crippen LogP contribution in [0.1, 0.15) is 55.8 Å². The number of aryl methyl sites for hydroxylation is 2. The second kappa shape index (κ2) is 10.8. The molecule has 3 rings (SSSR count). The van der Waals surface area contributed by atoms with E-state index in [1.807, 2.05) is 6.92 Å². The SMILES string of the molecule is CCCCCn1nc(C(=O)NNC(=O)Cn2c(CCC)n[nH]c2=S)c2ccccc2c1=O. The molecule has 0 spiro atoms. The molecule has 10 nitrogen and oxygen atoms in total. The molecule has 170 valence electrons. The number of nitrogens with one attached hydrogen (secondary N) is 3. The maximum Gasteiger partial charge on any atom is 0.290 e. The molecule has 2 aromatic heterocycles. The standard InChI is InChI=1S/C21H27N7O3S/c1-3-5-8-12-28-20(31)15-11-7-6-10-14(15)18(26-28)19(30)24-23-17(29)13-27-16(9-4-2)22-25-21(27)32/h6-7,10-11H,3-5,8-9,12-13H2,1-2H3,(H,23,29)(H,24,30)(H,25,32). The molecular weight excluding hydrogens is 430 g/mol. The normalized spacial score (nSPS) is 10.9. The molecule has 0 aliphatic rings. The van der Waals surface area contributed by atoms with E-state index in [0.29, 0.717) is 34.3 Å². The molecule has 0 saturated carbocycles. The minimum Gasteiger partial charge on any atom is -0.295 e. The zero-order chi connectivity index (χ0) is 23.1. The smallest absolute Gasteiger partial charge is 0.290 e. The van der Waals surface area contributed by atoms with Crippen molar-refractivity contribution in [2.24, 2.45) is 0 Å². The Kier molecular flexibility index (Phi) is 7.87. The van der Waals surface area contributed by atoms with Crippen molar-refractivity contribution < 1.29 is 9.59 Å². The lowest BCUT2D eigenvalue weighted by Gasteiger charge is -2.12. The summed E-state index contributed by atoms with van der Waals surface area (Å²) in [6, 6.07) is 6.81. The van der Waals surface area contributed by atoms with Gasteiger partial charge in [-0.3, -0.25) is 34.9 Å². The summed E-state index contributed by atoms with van der Waals surface area (Å²) in [5.74, 6) is -0.400. The van der Waals surface area contributed by atoms with Crippen LogP contribution in [0.5, 0.6) is 0 Å². The van der Waals surface area contributed by atoms with Crippen molar-refractivity contribution in [1.82, 2.24) is 35.4 Å². The van der Waals surface area contributed by atoms with Crippen LogP contribution in [-0.4, -0.2) is 36.4 Å². The minimum atomic E-state index is -0.608. The van der Waals surface area contributed by atoms with Crippen LogP contribution >= 0.6 is 12.2 Å². The van der Waals surface area contributed by atoms with Crippen molar-refractivity contribution in [3.8, 4) is 0 Å². The molecule has 0 radical (unpaired) electrons. The lowest BCUT2D eigenvalue weighted by atomic mass is 10.1. The predicted octanol–water partition coefficient (Wildman–Crippen LogP) is 2.25. The third-order valence-corrected chi connectivity index (χ3v) is 5.30. The molecule has 0 unspecified atom stereocenters. The fourth-order valence-corrected chi connectivity index (χ4v) is 3.58. The van der Waals surface area contributed by atoms with Crippen molar-refractivity contribution >= 4 is 34.8 Å². The van der Waals surface area contributed by atoms with Gasteiger partial charge in [0.2, 0.25) is 0 Å². The summed E-state index contributed by atoms with van der Waals surface area (Å²) in [5.41, 5.74) is 4.62. The van der Waals surface area contributed by atoms with Gasteiger partial charge in [-0.05, 0) is 31.1 Å². The third kappa shape index (κ3) is 5.28. The Morgan fingerprint density at radius 1 is 1.09 bits per heavy atom. The molecule has 0 fully saturated rings. The van der Waals surface area contributed by atoms with Crippen LogP contribution in [0, 0.1) is 4.77 Å². The number of fused-ring (bicyclic) bond motifs is 1. The second-order valence-corrected chi connectivity index (χ2v) is 7.80. The van der Waals surface area contributed by atoms with Crippen LogP contribution in [-0.2, 0) is 24.3 Å². The molecule has 3 N–H and O–H groups in total. The first-order chi connectivity index (χ1) is 15.5. The van der Waals surface area contributed by atoms with E-state index in [9.17, 15) is 14.4 Å². The molecule has 2 heterocycles. The Hall–Kier alpha value is -3.34. The number of aromatic nitrogens is 5. The van der Waals surface area contributed by atoms with Gasteiger partial charge >= 0.3 is 0 Å². The molecular formula is C21H27N7O3S. The van der Waals surface area contributed by atoms with Crippen LogP contribution < -0.4 is 16.4 Å². The fraction of sp³-hybridized carbons (Fsp3) is 0.429. The van der Waals surface area contributed by atoms with Gasteiger partial charge in [-0.2, -0.15) is 10.2 Å². The summed E-state index contributed by atoms with van der Waals surface area (Å²) in [6.45, 7) is 4.40. The molecule has 0 atom stereocenters. The van der Waals surface area contributed by atoms with E-state index < -0.39 is 11.8 Å². The lowest BCUT2D eigenvalue weighted by molar-refractivity contribution is -0.122. The second-order valence-electron chi connectivity index (χ2n) is 7.41. The Labute approximate surface area is 190 Å². The van der Waals surface area contributed by atoms with Crippen LogP contribution in [0.4, 0.5) is 0 Å². The number of amides is 2. The van der Waals surface area contributed by atoms with E-state index in [1.54, 1.807) is 28.8 Å². The Balaban J connectivity index is 1.77. The highest BCUT2D eigenvalue weighted by molar-refractivity contribution is 7.71. The number of benzene rings is 1. The molecule has 3 aromatic rings. The van der Waals surface area contributed by atoms with Crippen molar-refractivity contribution in [2.75, 3.05) is 0 Å². The van der Waals surface area contributed by atoms with Crippen LogP contribution in [0.15, 0.2) is 29.1 Å². The predicted molar refractivity (Wildman–Crippen MR) is 123 cm³/mol. The average Bonchev–Trinajstić information content (AvgIpc) is 3.13. The third-order valence-electron chi connectivity index (χ3n) is 4.98. The molecule has 0 aliphatic heterocycles. The maximum absolute atomic E-state index is 12.8. The summed E-state index contributed by atoms with van der Waals surface area (Å²) < 4.78 is 3.24. The van der Waals surface area contributed by atoms with Crippen LogP contribution in [0.2, 0.25) is 0 Å². The summed E-state index contributed by atoms with van der Waals surface area (Å²) in [7, 11) is 0. The average molecular weight is 458 g/mol. The number of aromatic amines is 1. The van der Waals surface area contributed by atoms with Gasteiger partial charge in [0, 0.05) is 18.4 Å². The van der Waals surface area contributed by atoms with Gasteiger partial charge in [-0.1, -0.05) is 44.9 Å². The zero-order valence-electron chi connectivity index (χ0n) is 18.2.